The summed E-state index contributed by atoms with van der Waals surface area (Å²) in [4.78, 5) is 11.2. The summed E-state index contributed by atoms with van der Waals surface area (Å²) in [5, 5.41) is 9.21. The van der Waals surface area contributed by atoms with Crippen LogP contribution in [-0.2, 0) is 4.79 Å². The van der Waals surface area contributed by atoms with Gasteiger partial charge in [0.2, 0.25) is 5.91 Å². The highest BCUT2D eigenvalue weighted by atomic mass is 32.1. The summed E-state index contributed by atoms with van der Waals surface area (Å²) in [7, 11) is 0. The zero-order valence-corrected chi connectivity index (χ0v) is 10.5. The number of unbranched alkanes of at least 4 members (excludes halogenated alkanes) is 1. The Morgan fingerprint density at radius 1 is 1.33 bits per heavy atom. The summed E-state index contributed by atoms with van der Waals surface area (Å²) in [5.74, 6) is -0.0374. The van der Waals surface area contributed by atoms with Crippen molar-refractivity contribution in [2.45, 2.75) is 39.7 Å². The summed E-state index contributed by atoms with van der Waals surface area (Å²) >= 11 is 5.00. The van der Waals surface area contributed by atoms with Crippen LogP contribution in [0.3, 0.4) is 0 Å². The Labute approximate surface area is 97.2 Å². The molecule has 0 aliphatic heterocycles. The first-order chi connectivity index (χ1) is 7.06. The van der Waals surface area contributed by atoms with Crippen molar-refractivity contribution in [2.24, 2.45) is 0 Å². The summed E-state index contributed by atoms with van der Waals surface area (Å²) in [6.07, 6.45) is 2.21. The third-order valence-electron chi connectivity index (χ3n) is 1.68. The van der Waals surface area contributed by atoms with E-state index in [-0.39, 0.29) is 18.5 Å². The Morgan fingerprint density at radius 3 is 2.53 bits per heavy atom. The van der Waals surface area contributed by atoms with Gasteiger partial charge in [-0.2, -0.15) is 0 Å². The molecule has 0 aliphatic rings. The lowest BCUT2D eigenvalue weighted by molar-refractivity contribution is -0.120. The van der Waals surface area contributed by atoms with Crippen LogP contribution in [0.25, 0.3) is 0 Å². The van der Waals surface area contributed by atoms with E-state index in [0.717, 1.165) is 19.4 Å². The van der Waals surface area contributed by atoms with Crippen molar-refractivity contribution >= 4 is 23.2 Å². The fraction of sp³-hybridized carbons (Fsp3) is 0.800. The molecule has 0 spiro atoms. The van der Waals surface area contributed by atoms with Crippen molar-refractivity contribution in [3.05, 3.63) is 0 Å². The fourth-order valence-electron chi connectivity index (χ4n) is 0.975. The smallest absolute Gasteiger partial charge is 0.239 e. The van der Waals surface area contributed by atoms with Gasteiger partial charge >= 0.3 is 0 Å². The highest BCUT2D eigenvalue weighted by molar-refractivity contribution is 7.80. The lowest BCUT2D eigenvalue weighted by Gasteiger charge is -2.11. The molecule has 0 rings (SSSR count). The molecule has 0 aromatic rings. The molecular formula is C10H21N3OS. The molecule has 0 atom stereocenters. The molecule has 0 aromatic carbocycles. The minimum atomic E-state index is -0.0374. The van der Waals surface area contributed by atoms with Gasteiger partial charge in [0.25, 0.3) is 0 Å². The van der Waals surface area contributed by atoms with Crippen LogP contribution < -0.4 is 16.0 Å². The molecule has 0 bridgehead atoms. The number of amides is 1. The first kappa shape index (κ1) is 14.2. The molecule has 0 aromatic heterocycles. The Bertz CT molecular complexity index is 207. The molecule has 3 N–H and O–H groups in total. The Kier molecular flexibility index (Phi) is 7.99. The number of carbonyl (C=O) groups excluding carboxylic acids is 1. The van der Waals surface area contributed by atoms with Crippen LogP contribution in [0.1, 0.15) is 33.6 Å². The zero-order valence-electron chi connectivity index (χ0n) is 9.72. The predicted molar refractivity (Wildman–Crippen MR) is 66.8 cm³/mol. The van der Waals surface area contributed by atoms with E-state index in [9.17, 15) is 4.79 Å². The number of rotatable bonds is 6. The molecule has 15 heavy (non-hydrogen) atoms. The second-order valence-electron chi connectivity index (χ2n) is 3.69. The quantitative estimate of drug-likeness (QED) is 0.467. The Balaban J connectivity index is 3.49. The summed E-state index contributed by atoms with van der Waals surface area (Å²) in [6, 6.07) is 0.168. The van der Waals surface area contributed by atoms with Crippen molar-refractivity contribution < 1.29 is 4.79 Å². The molecule has 88 valence electrons. The predicted octanol–water partition coefficient (Wildman–Crippen LogP) is 0.775. The van der Waals surface area contributed by atoms with E-state index in [0.29, 0.717) is 5.11 Å². The van der Waals surface area contributed by atoms with Gasteiger partial charge in [0.15, 0.2) is 5.11 Å². The molecule has 1 amide bonds. The Hall–Kier alpha value is -0.840. The summed E-state index contributed by atoms with van der Waals surface area (Å²) < 4.78 is 0. The minimum absolute atomic E-state index is 0.0374. The van der Waals surface area contributed by atoms with Crippen LogP contribution in [0.4, 0.5) is 0 Å². The van der Waals surface area contributed by atoms with E-state index in [1.807, 2.05) is 13.8 Å². The van der Waals surface area contributed by atoms with Gasteiger partial charge in [-0.05, 0) is 32.5 Å². The molecule has 0 radical (unpaired) electrons. The van der Waals surface area contributed by atoms with Crippen LogP contribution in [0.15, 0.2) is 0 Å². The molecule has 0 fully saturated rings. The van der Waals surface area contributed by atoms with Gasteiger partial charge in [-0.3, -0.25) is 4.79 Å². The van der Waals surface area contributed by atoms with Gasteiger partial charge in [0, 0.05) is 12.6 Å². The summed E-state index contributed by atoms with van der Waals surface area (Å²) in [5.41, 5.74) is 0. The van der Waals surface area contributed by atoms with E-state index in [2.05, 4.69) is 22.9 Å². The number of nitrogens with one attached hydrogen (secondary N) is 3. The first-order valence-corrected chi connectivity index (χ1v) is 5.78. The van der Waals surface area contributed by atoms with Crippen molar-refractivity contribution in [3.8, 4) is 0 Å². The topological polar surface area (TPSA) is 53.2 Å². The van der Waals surface area contributed by atoms with E-state index in [1.54, 1.807) is 0 Å². The lowest BCUT2D eigenvalue weighted by atomic mass is 10.3. The maximum atomic E-state index is 11.2. The third-order valence-corrected chi connectivity index (χ3v) is 1.96. The maximum absolute atomic E-state index is 11.2. The van der Waals surface area contributed by atoms with Crippen LogP contribution in [0.2, 0.25) is 0 Å². The normalized spacial score (nSPS) is 9.87. The fourth-order valence-corrected chi connectivity index (χ4v) is 1.15. The zero-order chi connectivity index (χ0) is 11.7. The van der Waals surface area contributed by atoms with Gasteiger partial charge in [-0.1, -0.05) is 13.3 Å². The highest BCUT2D eigenvalue weighted by Gasteiger charge is 2.03. The average molecular weight is 231 g/mol. The van der Waals surface area contributed by atoms with Gasteiger partial charge < -0.3 is 16.0 Å². The monoisotopic (exact) mass is 231 g/mol. The minimum Gasteiger partial charge on any atom is -0.363 e. The average Bonchev–Trinajstić information content (AvgIpc) is 2.14. The molecule has 0 saturated carbocycles. The molecule has 4 nitrogen and oxygen atoms in total. The van der Waals surface area contributed by atoms with Crippen LogP contribution in [-0.4, -0.2) is 30.2 Å². The molecule has 0 saturated heterocycles. The molecule has 0 unspecified atom stereocenters. The molecule has 5 heteroatoms. The second kappa shape index (κ2) is 8.47. The van der Waals surface area contributed by atoms with Crippen LogP contribution >= 0.6 is 12.2 Å². The van der Waals surface area contributed by atoms with Gasteiger partial charge in [-0.25, -0.2) is 0 Å². The number of thiocarbonyl (C=S) groups is 1. The maximum Gasteiger partial charge on any atom is 0.239 e. The van der Waals surface area contributed by atoms with E-state index in [4.69, 9.17) is 12.2 Å². The van der Waals surface area contributed by atoms with Crippen molar-refractivity contribution in [3.63, 3.8) is 0 Å². The lowest BCUT2D eigenvalue weighted by Crippen LogP contribution is -2.43. The van der Waals surface area contributed by atoms with Crippen LogP contribution in [0.5, 0.6) is 0 Å². The largest absolute Gasteiger partial charge is 0.363 e. The summed E-state index contributed by atoms with van der Waals surface area (Å²) in [6.45, 7) is 7.06. The SMILES string of the molecule is CCCCNC(=S)NCC(=O)NC(C)C. The number of hydrogen-bond donors (Lipinski definition) is 3. The highest BCUT2D eigenvalue weighted by Crippen LogP contribution is 1.82. The van der Waals surface area contributed by atoms with E-state index in [1.165, 1.54) is 0 Å². The van der Waals surface area contributed by atoms with E-state index < -0.39 is 0 Å². The molecule has 0 heterocycles. The van der Waals surface area contributed by atoms with Gasteiger partial charge in [-0.15, -0.1) is 0 Å². The van der Waals surface area contributed by atoms with Crippen molar-refractivity contribution in [1.82, 2.24) is 16.0 Å². The first-order valence-electron chi connectivity index (χ1n) is 5.37. The third kappa shape index (κ3) is 9.46. The Morgan fingerprint density at radius 2 is 2.00 bits per heavy atom. The van der Waals surface area contributed by atoms with Gasteiger partial charge in [0.05, 0.1) is 6.54 Å². The second-order valence-corrected chi connectivity index (χ2v) is 4.09. The van der Waals surface area contributed by atoms with Gasteiger partial charge in [0.1, 0.15) is 0 Å². The molecule has 0 aliphatic carbocycles. The number of hydrogen-bond acceptors (Lipinski definition) is 2. The molecular weight excluding hydrogens is 210 g/mol. The van der Waals surface area contributed by atoms with Crippen molar-refractivity contribution in [1.29, 1.82) is 0 Å². The van der Waals surface area contributed by atoms with Crippen molar-refractivity contribution in [2.75, 3.05) is 13.1 Å². The van der Waals surface area contributed by atoms with E-state index >= 15 is 0 Å². The van der Waals surface area contributed by atoms with Crippen LogP contribution in [0, 0.1) is 0 Å². The number of carbonyl (C=O) groups is 1. The standard InChI is InChI=1S/C10H21N3OS/c1-4-5-6-11-10(15)12-7-9(14)13-8(2)3/h8H,4-7H2,1-3H3,(H,13,14)(H2,11,12,15).